The predicted molar refractivity (Wildman–Crippen MR) is 78.6 cm³/mol. The smallest absolute Gasteiger partial charge is 0.241 e. The van der Waals surface area contributed by atoms with Gasteiger partial charge < -0.3 is 10.6 Å². The van der Waals surface area contributed by atoms with Crippen LogP contribution in [0.1, 0.15) is 46.0 Å². The maximum Gasteiger partial charge on any atom is 0.241 e. The Morgan fingerprint density at radius 2 is 2.05 bits per heavy atom. The Morgan fingerprint density at radius 3 is 2.52 bits per heavy atom. The summed E-state index contributed by atoms with van der Waals surface area (Å²) in [5, 5.41) is 9.27. The SMILES string of the molecule is C=C(F)C1(C(N)C(=O)N2[C@H](C#N)C[C@H](C)[C@@H]2C)CCCC1. The Labute approximate surface area is 125 Å². The molecule has 5 heteroatoms. The van der Waals surface area contributed by atoms with E-state index in [1.165, 1.54) is 0 Å². The minimum Gasteiger partial charge on any atom is -0.322 e. The summed E-state index contributed by atoms with van der Waals surface area (Å²) >= 11 is 0. The van der Waals surface area contributed by atoms with Gasteiger partial charge in [0.05, 0.1) is 12.1 Å². The molecular weight excluding hydrogens is 269 g/mol. The molecule has 2 fully saturated rings. The zero-order valence-corrected chi connectivity index (χ0v) is 12.8. The summed E-state index contributed by atoms with van der Waals surface area (Å²) in [5.74, 6) is -0.549. The molecular formula is C16H24FN3O. The van der Waals surface area contributed by atoms with Crippen LogP contribution < -0.4 is 5.73 Å². The highest BCUT2D eigenvalue weighted by atomic mass is 19.1. The zero-order valence-electron chi connectivity index (χ0n) is 12.8. The van der Waals surface area contributed by atoms with E-state index in [9.17, 15) is 14.4 Å². The van der Waals surface area contributed by atoms with Crippen molar-refractivity contribution in [2.24, 2.45) is 17.1 Å². The lowest BCUT2D eigenvalue weighted by atomic mass is 9.77. The summed E-state index contributed by atoms with van der Waals surface area (Å²) in [6.45, 7) is 7.38. The molecule has 1 unspecified atom stereocenters. The van der Waals surface area contributed by atoms with E-state index in [2.05, 4.69) is 12.6 Å². The van der Waals surface area contributed by atoms with Crippen molar-refractivity contribution < 1.29 is 9.18 Å². The first-order valence-electron chi connectivity index (χ1n) is 7.67. The molecule has 21 heavy (non-hydrogen) atoms. The van der Waals surface area contributed by atoms with E-state index in [1.54, 1.807) is 4.90 Å². The van der Waals surface area contributed by atoms with E-state index in [-0.39, 0.29) is 17.9 Å². The summed E-state index contributed by atoms with van der Waals surface area (Å²) in [6.07, 6.45) is 3.49. The number of likely N-dealkylation sites (tertiary alicyclic amines) is 1. The van der Waals surface area contributed by atoms with Gasteiger partial charge in [-0.15, -0.1) is 0 Å². The van der Waals surface area contributed by atoms with Crippen molar-refractivity contribution in [2.75, 3.05) is 0 Å². The second kappa shape index (κ2) is 5.76. The molecule has 116 valence electrons. The second-order valence-electron chi connectivity index (χ2n) is 6.59. The monoisotopic (exact) mass is 293 g/mol. The van der Waals surface area contributed by atoms with E-state index in [0.717, 1.165) is 12.8 Å². The molecule has 0 spiro atoms. The third-order valence-electron chi connectivity index (χ3n) is 5.49. The van der Waals surface area contributed by atoms with Crippen molar-refractivity contribution in [2.45, 2.75) is 64.1 Å². The molecule has 0 aromatic heterocycles. The highest BCUT2D eigenvalue weighted by molar-refractivity contribution is 5.84. The number of rotatable bonds is 3. The largest absolute Gasteiger partial charge is 0.322 e. The summed E-state index contributed by atoms with van der Waals surface area (Å²) < 4.78 is 14.0. The summed E-state index contributed by atoms with van der Waals surface area (Å²) in [4.78, 5) is 14.4. The fourth-order valence-electron chi connectivity index (χ4n) is 3.84. The number of carbonyl (C=O) groups excluding carboxylic acids is 1. The van der Waals surface area contributed by atoms with Gasteiger partial charge in [0.25, 0.3) is 0 Å². The Kier molecular flexibility index (Phi) is 4.38. The molecule has 4 atom stereocenters. The minimum atomic E-state index is -0.943. The van der Waals surface area contributed by atoms with Crippen LogP contribution >= 0.6 is 0 Å². The number of hydrogen-bond donors (Lipinski definition) is 1. The standard InChI is InChI=1S/C16H24FN3O/c1-10-8-13(9-18)20(11(10)2)15(21)14(19)16(12(3)17)6-4-5-7-16/h10-11,13-14H,3-8,19H2,1-2H3/t10-,11-,13-,14?/m0/s1. The van der Waals surface area contributed by atoms with Crippen molar-refractivity contribution >= 4 is 5.91 Å². The zero-order chi connectivity index (χ0) is 15.8. The molecule has 0 aromatic rings. The van der Waals surface area contributed by atoms with Gasteiger partial charge in [0.15, 0.2) is 0 Å². The molecule has 1 saturated carbocycles. The van der Waals surface area contributed by atoms with Gasteiger partial charge in [0, 0.05) is 11.5 Å². The van der Waals surface area contributed by atoms with Crippen molar-refractivity contribution in [1.29, 1.82) is 5.26 Å². The van der Waals surface area contributed by atoms with Crippen molar-refractivity contribution in [3.05, 3.63) is 12.4 Å². The number of amides is 1. The Balaban J connectivity index is 2.26. The topological polar surface area (TPSA) is 70.1 Å². The highest BCUT2D eigenvalue weighted by Crippen LogP contribution is 2.47. The van der Waals surface area contributed by atoms with E-state index in [0.29, 0.717) is 19.3 Å². The summed E-state index contributed by atoms with van der Waals surface area (Å²) in [7, 11) is 0. The molecule has 1 amide bonds. The van der Waals surface area contributed by atoms with Gasteiger partial charge in [-0.25, -0.2) is 4.39 Å². The maximum absolute atomic E-state index is 14.0. The number of halogens is 1. The van der Waals surface area contributed by atoms with Crippen LogP contribution in [-0.4, -0.2) is 28.9 Å². The quantitative estimate of drug-likeness (QED) is 0.869. The summed E-state index contributed by atoms with van der Waals surface area (Å²) in [6, 6.07) is 0.732. The lowest BCUT2D eigenvalue weighted by Gasteiger charge is -2.37. The molecule has 0 bridgehead atoms. The van der Waals surface area contributed by atoms with Crippen LogP contribution in [0.5, 0.6) is 0 Å². The van der Waals surface area contributed by atoms with Crippen LogP contribution in [-0.2, 0) is 4.79 Å². The average molecular weight is 293 g/mol. The molecule has 2 aliphatic rings. The lowest BCUT2D eigenvalue weighted by molar-refractivity contribution is -0.137. The fourth-order valence-corrected chi connectivity index (χ4v) is 3.84. The van der Waals surface area contributed by atoms with Gasteiger partial charge in [-0.3, -0.25) is 4.79 Å². The molecule has 4 nitrogen and oxygen atoms in total. The average Bonchev–Trinajstić information content (AvgIpc) is 3.04. The lowest BCUT2D eigenvalue weighted by Crippen LogP contribution is -2.55. The van der Waals surface area contributed by atoms with Gasteiger partial charge >= 0.3 is 0 Å². The third-order valence-corrected chi connectivity index (χ3v) is 5.49. The van der Waals surface area contributed by atoms with Crippen molar-refractivity contribution in [1.82, 2.24) is 4.90 Å². The Hall–Kier alpha value is -1.41. The molecule has 1 aliphatic heterocycles. The van der Waals surface area contributed by atoms with Gasteiger partial charge in [-0.05, 0) is 32.1 Å². The molecule has 0 radical (unpaired) electrons. The van der Waals surface area contributed by atoms with Crippen molar-refractivity contribution in [3.8, 4) is 6.07 Å². The van der Waals surface area contributed by atoms with Crippen molar-refractivity contribution in [3.63, 3.8) is 0 Å². The molecule has 2 N–H and O–H groups in total. The minimum absolute atomic E-state index is 0.0421. The van der Waals surface area contributed by atoms with Gasteiger partial charge in [-0.2, -0.15) is 5.26 Å². The molecule has 0 aromatic carbocycles. The van der Waals surface area contributed by atoms with Gasteiger partial charge in [-0.1, -0.05) is 26.3 Å². The van der Waals surface area contributed by atoms with Crippen LogP contribution in [0.15, 0.2) is 12.4 Å². The number of nitrogens with zero attached hydrogens (tertiary/aromatic N) is 2. The molecule has 1 saturated heterocycles. The number of nitriles is 1. The van der Waals surface area contributed by atoms with Gasteiger partial charge in [0.2, 0.25) is 5.91 Å². The van der Waals surface area contributed by atoms with Crippen LogP contribution in [0.3, 0.4) is 0 Å². The molecule has 2 rings (SSSR count). The van der Waals surface area contributed by atoms with Crippen LogP contribution in [0.25, 0.3) is 0 Å². The van der Waals surface area contributed by atoms with Crippen LogP contribution in [0.4, 0.5) is 4.39 Å². The third kappa shape index (κ3) is 2.46. The van der Waals surface area contributed by atoms with E-state index in [4.69, 9.17) is 5.73 Å². The maximum atomic E-state index is 14.0. The fraction of sp³-hybridized carbons (Fsp3) is 0.750. The van der Waals surface area contributed by atoms with Crippen LogP contribution in [0, 0.1) is 22.7 Å². The van der Waals surface area contributed by atoms with Gasteiger partial charge in [0.1, 0.15) is 11.9 Å². The Bertz CT molecular complexity index is 478. The number of nitrogens with two attached hydrogens (primary N) is 1. The normalized spacial score (nSPS) is 32.7. The van der Waals surface area contributed by atoms with E-state index >= 15 is 0 Å². The number of carbonyl (C=O) groups is 1. The first-order chi connectivity index (χ1) is 9.85. The van der Waals surface area contributed by atoms with Crippen LogP contribution in [0.2, 0.25) is 0 Å². The first kappa shape index (κ1) is 16.0. The number of hydrogen-bond acceptors (Lipinski definition) is 3. The molecule has 1 heterocycles. The van der Waals surface area contributed by atoms with E-state index in [1.807, 2.05) is 13.8 Å². The Morgan fingerprint density at radius 1 is 1.48 bits per heavy atom. The molecule has 1 aliphatic carbocycles. The van der Waals surface area contributed by atoms with E-state index < -0.39 is 23.3 Å². The predicted octanol–water partition coefficient (Wildman–Crippen LogP) is 2.51. The second-order valence-corrected chi connectivity index (χ2v) is 6.59. The highest BCUT2D eigenvalue weighted by Gasteiger charge is 2.50. The summed E-state index contributed by atoms with van der Waals surface area (Å²) in [5.41, 5.74) is 5.22. The first-order valence-corrected chi connectivity index (χ1v) is 7.67.